The summed E-state index contributed by atoms with van der Waals surface area (Å²) < 4.78 is 3.34. The molecule has 1 aliphatic rings. The largest absolute Gasteiger partial charge is 0.340 e. The summed E-state index contributed by atoms with van der Waals surface area (Å²) in [7, 11) is 0. The molecule has 6 rings (SSSR count). The Bertz CT molecular complexity index is 1630. The van der Waals surface area contributed by atoms with Crippen LogP contribution in [0.4, 0.5) is 0 Å². The van der Waals surface area contributed by atoms with Gasteiger partial charge in [0.2, 0.25) is 0 Å². The molecule has 11 heteroatoms. The van der Waals surface area contributed by atoms with Gasteiger partial charge in [-0.3, -0.25) is 4.79 Å². The lowest BCUT2D eigenvalue weighted by Gasteiger charge is -2.15. The molecule has 0 saturated heterocycles. The van der Waals surface area contributed by atoms with Crippen molar-refractivity contribution >= 4 is 22.9 Å². The van der Waals surface area contributed by atoms with Gasteiger partial charge in [-0.25, -0.2) is 4.98 Å². The molecule has 4 aromatic heterocycles. The van der Waals surface area contributed by atoms with E-state index in [1.165, 1.54) is 17.7 Å². The van der Waals surface area contributed by atoms with Crippen LogP contribution in [0.1, 0.15) is 28.9 Å². The first-order chi connectivity index (χ1) is 16.6. The molecule has 0 aliphatic carbocycles. The van der Waals surface area contributed by atoms with Crippen LogP contribution in [0.5, 0.6) is 0 Å². The summed E-state index contributed by atoms with van der Waals surface area (Å²) in [6, 6.07) is 12.8. The van der Waals surface area contributed by atoms with Crippen LogP contribution in [0.25, 0.3) is 28.1 Å². The number of thiophene rings is 1. The first-order valence-electron chi connectivity index (χ1n) is 10.4. The van der Waals surface area contributed by atoms with Gasteiger partial charge in [-0.05, 0) is 59.2 Å². The minimum Gasteiger partial charge on any atom is -0.340 e. The summed E-state index contributed by atoms with van der Waals surface area (Å²) in [5.41, 5.74) is 4.82. The number of H-pyrrole nitrogens is 1. The number of halogens is 1. The van der Waals surface area contributed by atoms with Gasteiger partial charge in [0.15, 0.2) is 0 Å². The minimum atomic E-state index is -0.183. The van der Waals surface area contributed by atoms with Crippen molar-refractivity contribution < 1.29 is 0 Å². The lowest BCUT2D eigenvalue weighted by atomic mass is 10.0. The van der Waals surface area contributed by atoms with E-state index in [-0.39, 0.29) is 11.6 Å². The van der Waals surface area contributed by atoms with Crippen molar-refractivity contribution in [1.82, 2.24) is 34.7 Å². The van der Waals surface area contributed by atoms with Crippen molar-refractivity contribution in [2.24, 2.45) is 0 Å². The summed E-state index contributed by atoms with van der Waals surface area (Å²) in [5, 5.41) is 23.0. The third-order valence-corrected chi connectivity index (χ3v) is 7.00. The summed E-state index contributed by atoms with van der Waals surface area (Å²) in [6.07, 6.45) is 4.75. The summed E-state index contributed by atoms with van der Waals surface area (Å²) >= 11 is 7.67. The standard InChI is InChI=1S/C23H15ClN8OS/c24-15-1-3-20(31-12-27-29-30-31)18(8-15)13-5-16-2-4-21(32(16)22(33)7-13)23-26-10-19(28-23)14-6-17(9-25)34-11-14/h1,3,5-8,10-12,21H,2,4H2,(H,26,28)/t21-/m0/s1. The molecule has 5 aromatic rings. The fourth-order valence-electron chi connectivity index (χ4n) is 4.41. The average Bonchev–Trinajstić information content (AvgIpc) is 3.64. The molecule has 1 N–H and O–H groups in total. The van der Waals surface area contributed by atoms with Crippen molar-refractivity contribution in [3.05, 3.63) is 86.1 Å². The van der Waals surface area contributed by atoms with Gasteiger partial charge in [-0.15, -0.1) is 16.4 Å². The molecule has 1 aliphatic heterocycles. The van der Waals surface area contributed by atoms with E-state index in [0.29, 0.717) is 9.90 Å². The molecule has 0 saturated carbocycles. The first kappa shape index (κ1) is 20.5. The van der Waals surface area contributed by atoms with Crippen LogP contribution in [0.15, 0.2) is 59.1 Å². The Labute approximate surface area is 201 Å². The first-order valence-corrected chi connectivity index (χ1v) is 11.7. The molecule has 0 spiro atoms. The average molecular weight is 487 g/mol. The Morgan fingerprint density at radius 3 is 2.91 bits per heavy atom. The number of fused-ring (bicyclic) bond motifs is 1. The van der Waals surface area contributed by atoms with Crippen LogP contribution in [0.3, 0.4) is 0 Å². The molecular formula is C23H15ClN8OS. The zero-order valence-electron chi connectivity index (χ0n) is 17.5. The van der Waals surface area contributed by atoms with Gasteiger partial charge in [0, 0.05) is 33.3 Å². The number of pyridine rings is 1. The number of nitrogens with one attached hydrogen (secondary N) is 1. The fraction of sp³-hybridized carbons (Fsp3) is 0.130. The van der Waals surface area contributed by atoms with E-state index in [4.69, 9.17) is 16.9 Å². The van der Waals surface area contributed by atoms with E-state index >= 15 is 0 Å². The highest BCUT2D eigenvalue weighted by Gasteiger charge is 2.28. The maximum atomic E-state index is 13.3. The Morgan fingerprint density at radius 1 is 1.21 bits per heavy atom. The van der Waals surface area contributed by atoms with Crippen molar-refractivity contribution in [3.63, 3.8) is 0 Å². The lowest BCUT2D eigenvalue weighted by Crippen LogP contribution is -2.23. The number of hydrogen-bond acceptors (Lipinski definition) is 7. The molecule has 34 heavy (non-hydrogen) atoms. The van der Waals surface area contributed by atoms with Crippen LogP contribution in [-0.2, 0) is 6.42 Å². The van der Waals surface area contributed by atoms with Gasteiger partial charge < -0.3 is 9.55 Å². The van der Waals surface area contributed by atoms with Crippen LogP contribution >= 0.6 is 22.9 Å². The molecule has 1 aromatic carbocycles. The zero-order chi connectivity index (χ0) is 23.2. The van der Waals surface area contributed by atoms with Crippen molar-refractivity contribution in [2.75, 3.05) is 0 Å². The number of rotatable bonds is 4. The quantitative estimate of drug-likeness (QED) is 0.410. The molecule has 9 nitrogen and oxygen atoms in total. The Kier molecular flexibility index (Phi) is 4.86. The second-order valence-corrected chi connectivity index (χ2v) is 9.26. The predicted octanol–water partition coefficient (Wildman–Crippen LogP) is 4.00. The van der Waals surface area contributed by atoms with Crippen molar-refractivity contribution in [3.8, 4) is 34.1 Å². The van der Waals surface area contributed by atoms with Crippen LogP contribution in [-0.4, -0.2) is 34.7 Å². The van der Waals surface area contributed by atoms with E-state index < -0.39 is 0 Å². The number of aromatic nitrogens is 7. The van der Waals surface area contributed by atoms with Crippen molar-refractivity contribution in [1.29, 1.82) is 5.26 Å². The number of tetrazole rings is 1. The molecule has 166 valence electrons. The molecular weight excluding hydrogens is 472 g/mol. The van der Waals surface area contributed by atoms with E-state index in [1.807, 2.05) is 29.6 Å². The normalized spacial score (nSPS) is 14.8. The third kappa shape index (κ3) is 3.42. The van der Waals surface area contributed by atoms with Gasteiger partial charge >= 0.3 is 0 Å². The lowest BCUT2D eigenvalue weighted by molar-refractivity contribution is 0.572. The molecule has 0 unspecified atom stereocenters. The third-order valence-electron chi connectivity index (χ3n) is 5.93. The number of aryl methyl sites for hydroxylation is 1. The SMILES string of the molecule is N#Cc1cc(-c2cnc([C@@H]3CCc4cc(-c5cc(Cl)ccc5-n5cnnn5)cc(=O)n43)[nH]2)cs1. The van der Waals surface area contributed by atoms with Crippen molar-refractivity contribution in [2.45, 2.75) is 18.9 Å². The summed E-state index contributed by atoms with van der Waals surface area (Å²) in [5.74, 6) is 0.727. The summed E-state index contributed by atoms with van der Waals surface area (Å²) in [4.78, 5) is 21.8. The van der Waals surface area contributed by atoms with Crippen LogP contribution in [0.2, 0.25) is 5.02 Å². The van der Waals surface area contributed by atoms with Gasteiger partial charge in [-0.1, -0.05) is 11.6 Å². The number of imidazole rings is 1. The second-order valence-electron chi connectivity index (χ2n) is 7.91. The predicted molar refractivity (Wildman–Crippen MR) is 127 cm³/mol. The Morgan fingerprint density at radius 2 is 2.12 bits per heavy atom. The molecule has 0 amide bonds. The summed E-state index contributed by atoms with van der Waals surface area (Å²) in [6.45, 7) is 0. The minimum absolute atomic E-state index is 0.113. The van der Waals surface area contributed by atoms with Gasteiger partial charge in [-0.2, -0.15) is 9.94 Å². The number of nitrogens with zero attached hydrogens (tertiary/aromatic N) is 7. The maximum Gasteiger partial charge on any atom is 0.252 e. The second kappa shape index (κ2) is 8.06. The monoisotopic (exact) mass is 486 g/mol. The van der Waals surface area contributed by atoms with Crippen LogP contribution in [0, 0.1) is 11.3 Å². The molecule has 5 heterocycles. The fourth-order valence-corrected chi connectivity index (χ4v) is 5.28. The molecule has 0 radical (unpaired) electrons. The van der Waals surface area contributed by atoms with Gasteiger partial charge in [0.05, 0.1) is 23.6 Å². The smallest absolute Gasteiger partial charge is 0.252 e. The van der Waals surface area contributed by atoms with E-state index in [1.54, 1.807) is 27.6 Å². The number of aromatic amines is 1. The topological polar surface area (TPSA) is 118 Å². The van der Waals surface area contributed by atoms with E-state index in [0.717, 1.165) is 52.4 Å². The molecule has 0 fully saturated rings. The van der Waals surface area contributed by atoms with Gasteiger partial charge in [0.25, 0.3) is 5.56 Å². The highest BCUT2D eigenvalue weighted by Crippen LogP contribution is 2.34. The van der Waals surface area contributed by atoms with E-state index in [9.17, 15) is 4.79 Å². The number of hydrogen-bond donors (Lipinski definition) is 1. The highest BCUT2D eigenvalue weighted by atomic mass is 35.5. The highest BCUT2D eigenvalue weighted by molar-refractivity contribution is 7.10. The van der Waals surface area contributed by atoms with E-state index in [2.05, 4.69) is 31.6 Å². The maximum absolute atomic E-state index is 13.3. The molecule has 1 atom stereocenters. The molecule has 0 bridgehead atoms. The zero-order valence-corrected chi connectivity index (χ0v) is 19.1. The van der Waals surface area contributed by atoms with Crippen LogP contribution < -0.4 is 5.56 Å². The Balaban J connectivity index is 1.39. The number of benzene rings is 1. The Hall–Kier alpha value is -4.07. The van der Waals surface area contributed by atoms with Gasteiger partial charge in [0.1, 0.15) is 23.1 Å². The number of nitriles is 1.